The Balaban J connectivity index is 2.10. The summed E-state index contributed by atoms with van der Waals surface area (Å²) in [5.41, 5.74) is 2.84. The summed E-state index contributed by atoms with van der Waals surface area (Å²) in [5, 5.41) is 8.79. The van der Waals surface area contributed by atoms with Gasteiger partial charge in [-0.25, -0.2) is 0 Å². The van der Waals surface area contributed by atoms with Gasteiger partial charge in [-0.3, -0.25) is 9.69 Å². The molecule has 0 radical (unpaired) electrons. The van der Waals surface area contributed by atoms with Crippen molar-refractivity contribution in [2.75, 3.05) is 6.54 Å². The fraction of sp³-hybridized carbons (Fsp3) is 0.562. The number of carboxylic acid groups (broad SMARTS) is 1. The summed E-state index contributed by atoms with van der Waals surface area (Å²) in [6.07, 6.45) is 3.22. The molecule has 0 aromatic heterocycles. The van der Waals surface area contributed by atoms with E-state index in [2.05, 4.69) is 52.9 Å². The quantitative estimate of drug-likeness (QED) is 0.851. The molecule has 4 heteroatoms. The smallest absolute Gasteiger partial charge is 0.303 e. The maximum atomic E-state index is 10.7. The molecule has 1 unspecified atom stereocenters. The van der Waals surface area contributed by atoms with Crippen LogP contribution in [0.2, 0.25) is 0 Å². The molecule has 0 aliphatic heterocycles. The molecule has 1 aliphatic carbocycles. The molecule has 0 spiro atoms. The van der Waals surface area contributed by atoms with E-state index >= 15 is 0 Å². The van der Waals surface area contributed by atoms with Gasteiger partial charge in [0.1, 0.15) is 0 Å². The number of nitrogens with zero attached hydrogens (tertiary/aromatic N) is 1. The molecule has 1 N–H and O–H groups in total. The lowest BCUT2D eigenvalue weighted by Crippen LogP contribution is -2.35. The molecule has 0 bridgehead atoms. The Kier molecular flexibility index (Phi) is 5.22. The predicted molar refractivity (Wildman–Crippen MR) is 83.9 cm³/mol. The molecule has 0 amide bonds. The second-order valence-corrected chi connectivity index (χ2v) is 6.64. The van der Waals surface area contributed by atoms with Gasteiger partial charge in [-0.05, 0) is 62.9 Å². The standard InChI is InChI=1S/C16H22BrNO2/c1-11(2)18(9-3-4-16(19)20)15-8-5-12-10-13(17)6-7-14(12)15/h6-7,10-11,15H,3-5,8-9H2,1-2H3,(H,19,20). The molecule has 0 saturated heterocycles. The van der Waals surface area contributed by atoms with Crippen LogP contribution in [0.4, 0.5) is 0 Å². The van der Waals surface area contributed by atoms with Crippen LogP contribution >= 0.6 is 15.9 Å². The Morgan fingerprint density at radius 1 is 1.50 bits per heavy atom. The summed E-state index contributed by atoms with van der Waals surface area (Å²) in [7, 11) is 0. The monoisotopic (exact) mass is 339 g/mol. The molecule has 1 atom stereocenters. The summed E-state index contributed by atoms with van der Waals surface area (Å²) in [6.45, 7) is 5.24. The number of carboxylic acids is 1. The number of hydrogen-bond donors (Lipinski definition) is 1. The maximum Gasteiger partial charge on any atom is 0.303 e. The average Bonchev–Trinajstić information content (AvgIpc) is 2.76. The lowest BCUT2D eigenvalue weighted by Gasteiger charge is -2.33. The number of rotatable bonds is 6. The highest BCUT2D eigenvalue weighted by Crippen LogP contribution is 2.38. The summed E-state index contributed by atoms with van der Waals surface area (Å²) < 4.78 is 1.14. The van der Waals surface area contributed by atoms with E-state index in [1.165, 1.54) is 11.1 Å². The first kappa shape index (κ1) is 15.5. The van der Waals surface area contributed by atoms with Crippen molar-refractivity contribution in [2.45, 2.75) is 51.6 Å². The van der Waals surface area contributed by atoms with E-state index in [-0.39, 0.29) is 6.42 Å². The zero-order valence-electron chi connectivity index (χ0n) is 12.1. The number of carbonyl (C=O) groups is 1. The van der Waals surface area contributed by atoms with Crippen molar-refractivity contribution < 1.29 is 9.90 Å². The van der Waals surface area contributed by atoms with Crippen LogP contribution in [0.1, 0.15) is 50.3 Å². The predicted octanol–water partition coefficient (Wildman–Crippen LogP) is 4.01. The van der Waals surface area contributed by atoms with Crippen molar-refractivity contribution in [3.8, 4) is 0 Å². The van der Waals surface area contributed by atoms with E-state index in [0.29, 0.717) is 12.1 Å². The van der Waals surface area contributed by atoms with Crippen molar-refractivity contribution in [1.82, 2.24) is 4.90 Å². The molecule has 2 rings (SSSR count). The molecule has 0 fully saturated rings. The van der Waals surface area contributed by atoms with Crippen molar-refractivity contribution >= 4 is 21.9 Å². The molecular weight excluding hydrogens is 318 g/mol. The molecule has 1 aliphatic rings. The highest BCUT2D eigenvalue weighted by molar-refractivity contribution is 9.10. The minimum atomic E-state index is -0.704. The largest absolute Gasteiger partial charge is 0.481 e. The van der Waals surface area contributed by atoms with Gasteiger partial charge in [-0.15, -0.1) is 0 Å². The Hall–Kier alpha value is -0.870. The summed E-state index contributed by atoms with van der Waals surface area (Å²) in [4.78, 5) is 13.1. The average molecular weight is 340 g/mol. The van der Waals surface area contributed by atoms with Gasteiger partial charge < -0.3 is 5.11 Å². The van der Waals surface area contributed by atoms with Gasteiger partial charge in [0.15, 0.2) is 0 Å². The normalized spacial score (nSPS) is 17.8. The molecule has 1 aromatic carbocycles. The molecule has 3 nitrogen and oxygen atoms in total. The summed E-state index contributed by atoms with van der Waals surface area (Å²) in [5.74, 6) is -0.704. The maximum absolute atomic E-state index is 10.7. The van der Waals surface area contributed by atoms with Gasteiger partial charge in [0, 0.05) is 23.0 Å². The molecule has 1 aromatic rings. The Morgan fingerprint density at radius 3 is 2.90 bits per heavy atom. The van der Waals surface area contributed by atoms with Crippen molar-refractivity contribution in [3.05, 3.63) is 33.8 Å². The zero-order chi connectivity index (χ0) is 14.7. The summed E-state index contributed by atoms with van der Waals surface area (Å²) >= 11 is 3.53. The van der Waals surface area contributed by atoms with Crippen molar-refractivity contribution in [1.29, 1.82) is 0 Å². The Labute approximate surface area is 129 Å². The van der Waals surface area contributed by atoms with E-state index in [1.807, 2.05) is 0 Å². The Morgan fingerprint density at radius 2 is 2.25 bits per heavy atom. The van der Waals surface area contributed by atoms with Gasteiger partial charge in [0.05, 0.1) is 0 Å². The van der Waals surface area contributed by atoms with Crippen molar-refractivity contribution in [3.63, 3.8) is 0 Å². The van der Waals surface area contributed by atoms with E-state index in [1.54, 1.807) is 0 Å². The zero-order valence-corrected chi connectivity index (χ0v) is 13.7. The third-order valence-electron chi connectivity index (χ3n) is 4.02. The number of fused-ring (bicyclic) bond motifs is 1. The van der Waals surface area contributed by atoms with Gasteiger partial charge in [-0.2, -0.15) is 0 Å². The van der Waals surface area contributed by atoms with Crippen molar-refractivity contribution in [2.24, 2.45) is 0 Å². The number of halogens is 1. The van der Waals surface area contributed by atoms with Crippen LogP contribution in [0.15, 0.2) is 22.7 Å². The molecule has 110 valence electrons. The Bertz CT molecular complexity index is 487. The SMILES string of the molecule is CC(C)N(CCCC(=O)O)C1CCc2cc(Br)ccc21. The molecule has 0 heterocycles. The highest BCUT2D eigenvalue weighted by Gasteiger charge is 2.29. The second kappa shape index (κ2) is 6.72. The van der Waals surface area contributed by atoms with Crippen LogP contribution in [0.25, 0.3) is 0 Å². The molecule has 20 heavy (non-hydrogen) atoms. The number of aliphatic carboxylic acids is 1. The number of hydrogen-bond acceptors (Lipinski definition) is 2. The van der Waals surface area contributed by atoms with Gasteiger partial charge in [-0.1, -0.05) is 22.0 Å². The lowest BCUT2D eigenvalue weighted by atomic mass is 10.0. The number of aryl methyl sites for hydroxylation is 1. The van der Waals surface area contributed by atoms with Crippen LogP contribution < -0.4 is 0 Å². The van der Waals surface area contributed by atoms with Gasteiger partial charge >= 0.3 is 5.97 Å². The van der Waals surface area contributed by atoms with Crippen LogP contribution in [-0.4, -0.2) is 28.6 Å². The van der Waals surface area contributed by atoms with E-state index in [0.717, 1.165) is 30.3 Å². The van der Waals surface area contributed by atoms with E-state index < -0.39 is 5.97 Å². The minimum absolute atomic E-state index is 0.253. The van der Waals surface area contributed by atoms with Gasteiger partial charge in [0.2, 0.25) is 0 Å². The summed E-state index contributed by atoms with van der Waals surface area (Å²) in [6, 6.07) is 7.40. The second-order valence-electron chi connectivity index (χ2n) is 5.73. The van der Waals surface area contributed by atoms with E-state index in [4.69, 9.17) is 5.11 Å². The first-order valence-electron chi connectivity index (χ1n) is 7.25. The third kappa shape index (κ3) is 3.61. The first-order chi connectivity index (χ1) is 9.49. The van der Waals surface area contributed by atoms with Gasteiger partial charge in [0.25, 0.3) is 0 Å². The number of benzene rings is 1. The van der Waals surface area contributed by atoms with E-state index in [9.17, 15) is 4.79 Å². The fourth-order valence-electron chi connectivity index (χ4n) is 3.09. The van der Waals surface area contributed by atoms with Crippen LogP contribution in [-0.2, 0) is 11.2 Å². The highest BCUT2D eigenvalue weighted by atomic mass is 79.9. The third-order valence-corrected chi connectivity index (χ3v) is 4.51. The van der Waals surface area contributed by atoms with Crippen LogP contribution in [0, 0.1) is 0 Å². The first-order valence-corrected chi connectivity index (χ1v) is 8.04. The molecule has 0 saturated carbocycles. The lowest BCUT2D eigenvalue weighted by molar-refractivity contribution is -0.137. The topological polar surface area (TPSA) is 40.5 Å². The molecular formula is C16H22BrNO2. The van der Waals surface area contributed by atoms with Crippen LogP contribution in [0.3, 0.4) is 0 Å². The fourth-order valence-corrected chi connectivity index (χ4v) is 3.50. The van der Waals surface area contributed by atoms with Crippen LogP contribution in [0.5, 0.6) is 0 Å². The minimum Gasteiger partial charge on any atom is -0.481 e.